The number of carbonyl (C=O) groups excluding carboxylic acids is 2. The van der Waals surface area contributed by atoms with E-state index in [9.17, 15) is 9.59 Å². The maximum Gasteiger partial charge on any atom is 0.292 e. The molecule has 2 aliphatic heterocycles. The summed E-state index contributed by atoms with van der Waals surface area (Å²) in [5.74, 6) is 0.177. The number of ether oxygens (including phenoxy) is 1. The predicted octanol–water partition coefficient (Wildman–Crippen LogP) is 0.0698. The molecule has 132 valence electrons. The van der Waals surface area contributed by atoms with E-state index >= 15 is 0 Å². The van der Waals surface area contributed by atoms with E-state index in [2.05, 4.69) is 10.1 Å². The lowest BCUT2D eigenvalue weighted by Crippen LogP contribution is -2.61. The zero-order valence-corrected chi connectivity index (χ0v) is 14.2. The van der Waals surface area contributed by atoms with Crippen molar-refractivity contribution in [2.45, 2.75) is 18.4 Å². The fourth-order valence-electron chi connectivity index (χ4n) is 3.41. The topological polar surface area (TPSA) is 79.1 Å². The first-order chi connectivity index (χ1) is 11.5. The number of likely N-dealkylation sites (N-methyl/N-ethyl adjacent to an activating group) is 1. The Kier molecular flexibility index (Phi) is 4.86. The van der Waals surface area contributed by atoms with Gasteiger partial charge in [-0.3, -0.25) is 14.5 Å². The van der Waals surface area contributed by atoms with Gasteiger partial charge in [0.1, 0.15) is 0 Å². The van der Waals surface area contributed by atoms with Gasteiger partial charge in [-0.2, -0.15) is 0 Å². The van der Waals surface area contributed by atoms with Crippen molar-refractivity contribution in [1.29, 1.82) is 0 Å². The Morgan fingerprint density at radius 1 is 1.33 bits per heavy atom. The lowest BCUT2D eigenvalue weighted by atomic mass is 9.90. The molecule has 0 unspecified atom stereocenters. The van der Waals surface area contributed by atoms with Gasteiger partial charge in [-0.25, -0.2) is 0 Å². The molecule has 3 rings (SSSR count). The third-order valence-electron chi connectivity index (χ3n) is 4.66. The molecule has 1 aromatic heterocycles. The van der Waals surface area contributed by atoms with Crippen molar-refractivity contribution in [1.82, 2.24) is 19.9 Å². The molecule has 8 heteroatoms. The van der Waals surface area contributed by atoms with Crippen LogP contribution in [-0.2, 0) is 9.53 Å². The van der Waals surface area contributed by atoms with Crippen LogP contribution in [0.25, 0.3) is 0 Å². The Balaban J connectivity index is 1.66. The molecule has 24 heavy (non-hydrogen) atoms. The van der Waals surface area contributed by atoms with Gasteiger partial charge in [0.2, 0.25) is 11.7 Å². The Morgan fingerprint density at radius 2 is 2.17 bits per heavy atom. The molecule has 0 N–H and O–H groups in total. The van der Waals surface area contributed by atoms with Gasteiger partial charge in [-0.15, -0.1) is 0 Å². The summed E-state index contributed by atoms with van der Waals surface area (Å²) in [7, 11) is 3.52. The molecule has 0 saturated carbocycles. The van der Waals surface area contributed by atoms with E-state index in [1.165, 1.54) is 6.20 Å². The molecule has 0 bridgehead atoms. The first-order valence-corrected chi connectivity index (χ1v) is 8.25. The first kappa shape index (κ1) is 16.9. The van der Waals surface area contributed by atoms with E-state index in [0.717, 1.165) is 19.4 Å². The van der Waals surface area contributed by atoms with Crippen molar-refractivity contribution in [2.24, 2.45) is 0 Å². The van der Waals surface area contributed by atoms with Crippen molar-refractivity contribution in [3.63, 3.8) is 0 Å². The minimum atomic E-state index is -0.404. The number of likely N-dealkylation sites (tertiary alicyclic amines) is 1. The summed E-state index contributed by atoms with van der Waals surface area (Å²) in [6.45, 7) is 3.47. The number of hydrogen-bond donors (Lipinski definition) is 0. The van der Waals surface area contributed by atoms with Crippen LogP contribution in [0.5, 0.6) is 0 Å². The first-order valence-electron chi connectivity index (χ1n) is 8.25. The van der Waals surface area contributed by atoms with Crippen LogP contribution < -0.4 is 0 Å². The zero-order chi connectivity index (χ0) is 17.2. The number of carbonyl (C=O) groups is 2. The van der Waals surface area contributed by atoms with E-state index in [1.54, 1.807) is 30.0 Å². The summed E-state index contributed by atoms with van der Waals surface area (Å²) in [6.07, 6.45) is 3.31. The van der Waals surface area contributed by atoms with Crippen LogP contribution in [0.4, 0.5) is 0 Å². The lowest BCUT2D eigenvalue weighted by Gasteiger charge is -2.47. The largest absolute Gasteiger partial charge is 0.370 e. The summed E-state index contributed by atoms with van der Waals surface area (Å²) in [5.41, 5.74) is -0.404. The van der Waals surface area contributed by atoms with E-state index in [0.29, 0.717) is 32.8 Å². The number of morpholine rings is 1. The molecular formula is C16H24N4O4. The van der Waals surface area contributed by atoms with Crippen LogP contribution in [0.3, 0.4) is 0 Å². The quantitative estimate of drug-likeness (QED) is 0.777. The Bertz CT molecular complexity index is 585. The third-order valence-corrected chi connectivity index (χ3v) is 4.66. The summed E-state index contributed by atoms with van der Waals surface area (Å²) in [5, 5.41) is 3.60. The maximum atomic E-state index is 12.5. The molecule has 1 aromatic rings. The summed E-state index contributed by atoms with van der Waals surface area (Å²) in [6, 6.07) is 1.58. The minimum absolute atomic E-state index is 0.0810. The highest BCUT2D eigenvalue weighted by atomic mass is 16.5. The summed E-state index contributed by atoms with van der Waals surface area (Å²) < 4.78 is 11.1. The second-order valence-electron chi connectivity index (χ2n) is 6.74. The van der Waals surface area contributed by atoms with Crippen molar-refractivity contribution < 1.29 is 18.8 Å². The van der Waals surface area contributed by atoms with E-state index < -0.39 is 5.60 Å². The van der Waals surface area contributed by atoms with Crippen molar-refractivity contribution in [3.05, 3.63) is 18.0 Å². The van der Waals surface area contributed by atoms with Crippen LogP contribution in [0.2, 0.25) is 0 Å². The smallest absolute Gasteiger partial charge is 0.292 e. The van der Waals surface area contributed by atoms with Crippen LogP contribution >= 0.6 is 0 Å². The SMILES string of the molecule is CN(C)C(=O)CN1CCC[C@]2(C1)CN(C(=O)c1ccno1)CCO2. The molecule has 1 atom stereocenters. The van der Waals surface area contributed by atoms with Crippen LogP contribution in [0.1, 0.15) is 23.4 Å². The Morgan fingerprint density at radius 3 is 2.88 bits per heavy atom. The monoisotopic (exact) mass is 336 g/mol. The molecule has 1 spiro atoms. The highest BCUT2D eigenvalue weighted by Crippen LogP contribution is 2.29. The van der Waals surface area contributed by atoms with Gasteiger partial charge < -0.3 is 19.1 Å². The van der Waals surface area contributed by atoms with Gasteiger partial charge in [0.25, 0.3) is 5.91 Å². The molecule has 2 amide bonds. The fraction of sp³-hybridized carbons (Fsp3) is 0.688. The third kappa shape index (κ3) is 3.59. The Hall–Kier alpha value is -1.93. The van der Waals surface area contributed by atoms with Crippen LogP contribution in [0.15, 0.2) is 16.8 Å². The molecule has 3 heterocycles. The van der Waals surface area contributed by atoms with E-state index in [-0.39, 0.29) is 17.6 Å². The number of hydrogen-bond acceptors (Lipinski definition) is 6. The fourth-order valence-corrected chi connectivity index (χ4v) is 3.41. The van der Waals surface area contributed by atoms with Crippen molar-refractivity contribution >= 4 is 11.8 Å². The summed E-state index contributed by atoms with van der Waals surface area (Å²) >= 11 is 0. The highest BCUT2D eigenvalue weighted by molar-refractivity contribution is 5.91. The molecular weight excluding hydrogens is 312 g/mol. The standard InChI is InChI=1S/C16H24N4O4/c1-18(2)14(21)10-19-7-3-5-16(11-19)12-20(8-9-23-16)15(22)13-4-6-17-24-13/h4,6H,3,5,7-12H2,1-2H3/t16-/m0/s1. The normalized spacial score (nSPS) is 25.0. The number of rotatable bonds is 3. The molecule has 0 aliphatic carbocycles. The van der Waals surface area contributed by atoms with Crippen molar-refractivity contribution in [3.8, 4) is 0 Å². The average molecular weight is 336 g/mol. The van der Waals surface area contributed by atoms with E-state index in [1.807, 2.05) is 0 Å². The highest BCUT2D eigenvalue weighted by Gasteiger charge is 2.42. The number of piperidine rings is 1. The predicted molar refractivity (Wildman–Crippen MR) is 85.5 cm³/mol. The Labute approximate surface area is 141 Å². The molecule has 2 aliphatic rings. The van der Waals surface area contributed by atoms with Gasteiger partial charge >= 0.3 is 0 Å². The summed E-state index contributed by atoms with van der Waals surface area (Å²) in [4.78, 5) is 30.0. The number of aromatic nitrogens is 1. The van der Waals surface area contributed by atoms with E-state index in [4.69, 9.17) is 9.26 Å². The molecule has 0 aromatic carbocycles. The van der Waals surface area contributed by atoms with Crippen molar-refractivity contribution in [2.75, 3.05) is 53.4 Å². The lowest BCUT2D eigenvalue weighted by molar-refractivity contribution is -0.142. The van der Waals surface area contributed by atoms with Gasteiger partial charge in [-0.1, -0.05) is 5.16 Å². The van der Waals surface area contributed by atoms with Crippen LogP contribution in [0, 0.1) is 0 Å². The van der Waals surface area contributed by atoms with Crippen LogP contribution in [-0.4, -0.2) is 90.7 Å². The van der Waals surface area contributed by atoms with Gasteiger partial charge in [0, 0.05) is 33.3 Å². The second kappa shape index (κ2) is 6.90. The molecule has 2 fully saturated rings. The van der Waals surface area contributed by atoms with Gasteiger partial charge in [0.05, 0.1) is 31.5 Å². The average Bonchev–Trinajstić information content (AvgIpc) is 3.08. The minimum Gasteiger partial charge on any atom is -0.370 e. The van der Waals surface area contributed by atoms with Gasteiger partial charge in [-0.05, 0) is 19.4 Å². The molecule has 2 saturated heterocycles. The zero-order valence-electron chi connectivity index (χ0n) is 14.2. The van der Waals surface area contributed by atoms with Gasteiger partial charge in [0.15, 0.2) is 0 Å². The second-order valence-corrected chi connectivity index (χ2v) is 6.74. The molecule has 0 radical (unpaired) electrons. The number of nitrogens with zero attached hydrogens (tertiary/aromatic N) is 4. The molecule has 8 nitrogen and oxygen atoms in total. The number of amides is 2. The maximum absolute atomic E-state index is 12.5.